The van der Waals surface area contributed by atoms with Gasteiger partial charge in [0.1, 0.15) is 0 Å². The third kappa shape index (κ3) is 2.90. The van der Waals surface area contributed by atoms with Crippen LogP contribution in [0.25, 0.3) is 0 Å². The van der Waals surface area contributed by atoms with Crippen LogP contribution in [0.5, 0.6) is 0 Å². The summed E-state index contributed by atoms with van der Waals surface area (Å²) in [5, 5.41) is 6.66. The van der Waals surface area contributed by atoms with Crippen molar-refractivity contribution in [2.75, 3.05) is 7.05 Å². The van der Waals surface area contributed by atoms with E-state index in [1.165, 1.54) is 0 Å². The molecule has 11 heavy (non-hydrogen) atoms. The molecular formula is C4H4F3N2OSe. The van der Waals surface area contributed by atoms with Crippen molar-refractivity contribution in [1.82, 2.24) is 4.90 Å². The summed E-state index contributed by atoms with van der Waals surface area (Å²) in [6, 6.07) is 0. The van der Waals surface area contributed by atoms with Crippen LogP contribution in [0, 0.1) is 5.41 Å². The minimum absolute atomic E-state index is 0.181. The SMILES string of the molecule is CN(C(=N)[Se])C(=O)C(F)(F)F. The van der Waals surface area contributed by atoms with Gasteiger partial charge in [-0.15, -0.1) is 0 Å². The summed E-state index contributed by atoms with van der Waals surface area (Å²) in [5.41, 5.74) is 0. The molecule has 0 aliphatic heterocycles. The molecule has 0 aliphatic carbocycles. The molecule has 1 N–H and O–H groups in total. The molecular weight excluding hydrogens is 228 g/mol. The van der Waals surface area contributed by atoms with E-state index in [-0.39, 0.29) is 4.90 Å². The van der Waals surface area contributed by atoms with Gasteiger partial charge < -0.3 is 0 Å². The van der Waals surface area contributed by atoms with E-state index in [1.54, 1.807) is 0 Å². The van der Waals surface area contributed by atoms with Crippen molar-refractivity contribution in [3.05, 3.63) is 0 Å². The van der Waals surface area contributed by atoms with Crippen LogP contribution in [0.3, 0.4) is 0 Å². The zero-order valence-corrected chi connectivity index (χ0v) is 7.11. The van der Waals surface area contributed by atoms with E-state index < -0.39 is 16.8 Å². The fraction of sp³-hybridized carbons (Fsp3) is 0.500. The van der Waals surface area contributed by atoms with Crippen LogP contribution in [0.4, 0.5) is 13.2 Å². The van der Waals surface area contributed by atoms with Gasteiger partial charge >= 0.3 is 68.2 Å². The van der Waals surface area contributed by atoms with Crippen LogP contribution < -0.4 is 0 Å². The molecule has 0 aromatic carbocycles. The Hall–Kier alpha value is -0.551. The number of hydrogen-bond donors (Lipinski definition) is 1. The Morgan fingerprint density at radius 1 is 1.55 bits per heavy atom. The first-order valence-corrected chi connectivity index (χ1v) is 3.23. The van der Waals surface area contributed by atoms with Crippen LogP contribution in [0.2, 0.25) is 0 Å². The molecule has 1 radical (unpaired) electrons. The molecule has 0 atom stereocenters. The van der Waals surface area contributed by atoms with Gasteiger partial charge in [-0.3, -0.25) is 0 Å². The second kappa shape index (κ2) is 3.23. The van der Waals surface area contributed by atoms with Gasteiger partial charge in [-0.1, -0.05) is 0 Å². The van der Waals surface area contributed by atoms with Crippen molar-refractivity contribution in [2.45, 2.75) is 6.18 Å². The molecule has 0 fully saturated rings. The molecule has 3 nitrogen and oxygen atoms in total. The van der Waals surface area contributed by atoms with Crippen LogP contribution in [-0.2, 0) is 4.79 Å². The molecule has 0 aromatic rings. The van der Waals surface area contributed by atoms with E-state index in [2.05, 4.69) is 0 Å². The van der Waals surface area contributed by atoms with Crippen molar-refractivity contribution >= 4 is 26.7 Å². The molecule has 7 heteroatoms. The molecule has 0 saturated carbocycles. The molecule has 0 bridgehead atoms. The molecule has 0 aliphatic rings. The average molecular weight is 232 g/mol. The third-order valence-corrected chi connectivity index (χ3v) is 1.43. The summed E-state index contributed by atoms with van der Waals surface area (Å²) in [5.74, 6) is -2.05. The van der Waals surface area contributed by atoms with Gasteiger partial charge in [0.05, 0.1) is 0 Å². The van der Waals surface area contributed by atoms with E-state index >= 15 is 0 Å². The number of halogens is 3. The van der Waals surface area contributed by atoms with Crippen LogP contribution in [0.15, 0.2) is 0 Å². The molecule has 63 valence electrons. The Bertz CT molecular complexity index is 190. The second-order valence-corrected chi connectivity index (χ2v) is 2.48. The summed E-state index contributed by atoms with van der Waals surface area (Å²) in [6.45, 7) is 0. The molecule has 0 saturated heterocycles. The Balaban J connectivity index is 4.39. The first kappa shape index (κ1) is 10.4. The van der Waals surface area contributed by atoms with Crippen molar-refractivity contribution in [3.8, 4) is 0 Å². The first-order chi connectivity index (χ1) is 4.76. The van der Waals surface area contributed by atoms with Gasteiger partial charge in [0.2, 0.25) is 0 Å². The Morgan fingerprint density at radius 3 is 2.00 bits per heavy atom. The number of carbonyl (C=O) groups excluding carboxylic acids is 1. The molecule has 0 heterocycles. The molecule has 0 aromatic heterocycles. The van der Waals surface area contributed by atoms with E-state index in [9.17, 15) is 18.0 Å². The Labute approximate surface area is 68.9 Å². The standard InChI is InChI=1S/C4H4F3N2OSe/c1-9(3(8)11)2(10)4(5,6)7/h8H,1H3. The van der Waals surface area contributed by atoms with Gasteiger partial charge in [0.15, 0.2) is 0 Å². The number of carbonyl (C=O) groups is 1. The van der Waals surface area contributed by atoms with Crippen LogP contribution in [0.1, 0.15) is 0 Å². The third-order valence-electron chi connectivity index (χ3n) is 0.852. The summed E-state index contributed by atoms with van der Waals surface area (Å²) >= 11 is 1.98. The number of nitrogens with zero attached hydrogens (tertiary/aromatic N) is 1. The number of rotatable bonds is 0. The molecule has 0 spiro atoms. The predicted molar refractivity (Wildman–Crippen MR) is 32.3 cm³/mol. The quantitative estimate of drug-likeness (QED) is 0.359. The maximum absolute atomic E-state index is 11.6. The van der Waals surface area contributed by atoms with Gasteiger partial charge in [0.25, 0.3) is 0 Å². The monoisotopic (exact) mass is 233 g/mol. The van der Waals surface area contributed by atoms with Crippen LogP contribution >= 0.6 is 0 Å². The topological polar surface area (TPSA) is 44.2 Å². The summed E-state index contributed by atoms with van der Waals surface area (Å²) in [4.78, 5) is 10.4. The van der Waals surface area contributed by atoms with E-state index in [1.807, 2.05) is 16.0 Å². The number of hydrogen-bond acceptors (Lipinski definition) is 2. The van der Waals surface area contributed by atoms with Crippen molar-refractivity contribution in [3.63, 3.8) is 0 Å². The molecule has 1 amide bonds. The summed E-state index contributed by atoms with van der Waals surface area (Å²) < 4.78 is 34.1. The summed E-state index contributed by atoms with van der Waals surface area (Å²) in [7, 11) is 0.870. The van der Waals surface area contributed by atoms with Gasteiger partial charge in [0, 0.05) is 0 Å². The van der Waals surface area contributed by atoms with Crippen LogP contribution in [-0.4, -0.2) is 44.8 Å². The zero-order chi connectivity index (χ0) is 9.23. The number of amidine groups is 1. The van der Waals surface area contributed by atoms with Gasteiger partial charge in [-0.05, 0) is 0 Å². The van der Waals surface area contributed by atoms with Crippen molar-refractivity contribution < 1.29 is 18.0 Å². The number of nitrogens with one attached hydrogen (secondary N) is 1. The second-order valence-electron chi connectivity index (χ2n) is 1.67. The number of alkyl halides is 3. The number of amides is 1. The van der Waals surface area contributed by atoms with Gasteiger partial charge in [-0.25, -0.2) is 0 Å². The summed E-state index contributed by atoms with van der Waals surface area (Å²) in [6.07, 6.45) is -4.91. The van der Waals surface area contributed by atoms with Gasteiger partial charge in [-0.2, -0.15) is 0 Å². The zero-order valence-electron chi connectivity index (χ0n) is 5.40. The van der Waals surface area contributed by atoms with E-state index in [4.69, 9.17) is 5.41 Å². The average Bonchev–Trinajstić information content (AvgIpc) is 1.82. The fourth-order valence-electron chi connectivity index (χ4n) is 0.282. The predicted octanol–water partition coefficient (Wildman–Crippen LogP) is 0.110. The van der Waals surface area contributed by atoms with E-state index in [0.29, 0.717) is 0 Å². The van der Waals surface area contributed by atoms with E-state index in [0.717, 1.165) is 7.05 Å². The molecule has 0 rings (SSSR count). The Morgan fingerprint density at radius 2 is 1.91 bits per heavy atom. The normalized spacial score (nSPS) is 10.9. The van der Waals surface area contributed by atoms with Crippen molar-refractivity contribution in [2.24, 2.45) is 0 Å². The first-order valence-electron chi connectivity index (χ1n) is 2.37. The molecule has 0 unspecified atom stereocenters. The Kier molecular flexibility index (Phi) is 3.07. The fourth-order valence-corrected chi connectivity index (χ4v) is 0.456. The minimum atomic E-state index is -4.91. The maximum atomic E-state index is 11.6. The van der Waals surface area contributed by atoms with Crippen molar-refractivity contribution in [1.29, 1.82) is 5.41 Å².